The van der Waals surface area contributed by atoms with E-state index in [0.717, 1.165) is 26.3 Å². The zero-order valence-corrected chi connectivity index (χ0v) is 11.4. The van der Waals surface area contributed by atoms with Gasteiger partial charge in [0.15, 0.2) is 0 Å². The molecular formula is C14H31NO. The molecule has 16 heavy (non-hydrogen) atoms. The van der Waals surface area contributed by atoms with Gasteiger partial charge < -0.3 is 10.1 Å². The molecule has 0 unspecified atom stereocenters. The largest absolute Gasteiger partial charge is 0.380 e. The second-order valence-electron chi connectivity index (χ2n) is 4.42. The third kappa shape index (κ3) is 13.9. The summed E-state index contributed by atoms with van der Waals surface area (Å²) in [6.07, 6.45) is 11.2. The summed E-state index contributed by atoms with van der Waals surface area (Å²) in [4.78, 5) is 0. The Morgan fingerprint density at radius 2 is 1.38 bits per heavy atom. The van der Waals surface area contributed by atoms with Crippen LogP contribution >= 0.6 is 0 Å². The molecule has 2 heteroatoms. The highest BCUT2D eigenvalue weighted by atomic mass is 16.5. The van der Waals surface area contributed by atoms with Crippen molar-refractivity contribution < 1.29 is 4.74 Å². The summed E-state index contributed by atoms with van der Waals surface area (Å²) in [6, 6.07) is 0. The highest BCUT2D eigenvalue weighted by Gasteiger charge is 1.91. The summed E-state index contributed by atoms with van der Waals surface area (Å²) in [5, 5.41) is 3.41. The number of ether oxygens (including phenoxy) is 1. The van der Waals surface area contributed by atoms with Crippen LogP contribution in [0, 0.1) is 0 Å². The van der Waals surface area contributed by atoms with Gasteiger partial charge in [0.2, 0.25) is 0 Å². The molecule has 0 aliphatic rings. The molecule has 0 saturated heterocycles. The summed E-state index contributed by atoms with van der Waals surface area (Å²) in [5.74, 6) is 0. The molecule has 0 aromatic rings. The molecule has 0 bridgehead atoms. The molecule has 2 nitrogen and oxygen atoms in total. The fourth-order valence-electron chi connectivity index (χ4n) is 1.80. The van der Waals surface area contributed by atoms with E-state index in [1.807, 2.05) is 6.92 Å². The van der Waals surface area contributed by atoms with Gasteiger partial charge in [-0.3, -0.25) is 0 Å². The zero-order chi connectivity index (χ0) is 11.9. The van der Waals surface area contributed by atoms with Crippen LogP contribution in [0.1, 0.15) is 65.2 Å². The Bertz CT molecular complexity index is 103. The topological polar surface area (TPSA) is 21.3 Å². The van der Waals surface area contributed by atoms with Crippen molar-refractivity contribution in [1.29, 1.82) is 0 Å². The third-order valence-electron chi connectivity index (χ3n) is 2.83. The summed E-state index contributed by atoms with van der Waals surface area (Å²) in [7, 11) is 0. The number of hydrogen-bond donors (Lipinski definition) is 1. The SMILES string of the molecule is CCCCCCCCCCNCCOCC. The fourth-order valence-corrected chi connectivity index (χ4v) is 1.80. The first-order valence-electron chi connectivity index (χ1n) is 7.20. The summed E-state index contributed by atoms with van der Waals surface area (Å²) < 4.78 is 5.25. The molecule has 0 radical (unpaired) electrons. The Kier molecular flexibility index (Phi) is 14.8. The fraction of sp³-hybridized carbons (Fsp3) is 1.00. The molecule has 0 fully saturated rings. The van der Waals surface area contributed by atoms with Crippen LogP contribution < -0.4 is 5.32 Å². The lowest BCUT2D eigenvalue weighted by Crippen LogP contribution is -2.20. The Balaban J connectivity index is 2.83. The van der Waals surface area contributed by atoms with Gasteiger partial charge in [-0.1, -0.05) is 51.9 Å². The van der Waals surface area contributed by atoms with Crippen LogP contribution in [0.15, 0.2) is 0 Å². The molecule has 0 spiro atoms. The summed E-state index contributed by atoms with van der Waals surface area (Å²) in [5.41, 5.74) is 0. The van der Waals surface area contributed by atoms with Crippen LogP contribution in [0.5, 0.6) is 0 Å². The van der Waals surface area contributed by atoms with Crippen LogP contribution in [0.4, 0.5) is 0 Å². The van der Waals surface area contributed by atoms with Gasteiger partial charge in [-0.25, -0.2) is 0 Å². The lowest BCUT2D eigenvalue weighted by Gasteiger charge is -2.04. The first kappa shape index (κ1) is 15.9. The van der Waals surface area contributed by atoms with Crippen molar-refractivity contribution in [2.45, 2.75) is 65.2 Å². The van der Waals surface area contributed by atoms with Crippen molar-refractivity contribution in [3.63, 3.8) is 0 Å². The lowest BCUT2D eigenvalue weighted by atomic mass is 10.1. The van der Waals surface area contributed by atoms with E-state index in [1.54, 1.807) is 0 Å². The molecular weight excluding hydrogens is 198 g/mol. The van der Waals surface area contributed by atoms with E-state index in [4.69, 9.17) is 4.74 Å². The number of hydrogen-bond acceptors (Lipinski definition) is 2. The highest BCUT2D eigenvalue weighted by molar-refractivity contribution is 4.49. The molecule has 0 aliphatic heterocycles. The summed E-state index contributed by atoms with van der Waals surface area (Å²) >= 11 is 0. The minimum atomic E-state index is 0.833. The molecule has 0 rings (SSSR count). The van der Waals surface area contributed by atoms with Crippen LogP contribution in [0.3, 0.4) is 0 Å². The average Bonchev–Trinajstić information content (AvgIpc) is 2.31. The van der Waals surface area contributed by atoms with Crippen molar-refractivity contribution in [2.24, 2.45) is 0 Å². The van der Waals surface area contributed by atoms with E-state index >= 15 is 0 Å². The molecule has 98 valence electrons. The van der Waals surface area contributed by atoms with Crippen molar-refractivity contribution in [1.82, 2.24) is 5.32 Å². The van der Waals surface area contributed by atoms with Gasteiger partial charge in [0.1, 0.15) is 0 Å². The Morgan fingerprint density at radius 1 is 0.750 bits per heavy atom. The maximum absolute atomic E-state index is 5.25. The predicted octanol–water partition coefficient (Wildman–Crippen LogP) is 3.75. The van der Waals surface area contributed by atoms with Crippen molar-refractivity contribution in [2.75, 3.05) is 26.3 Å². The van der Waals surface area contributed by atoms with E-state index in [2.05, 4.69) is 12.2 Å². The van der Waals surface area contributed by atoms with Crippen LogP contribution in [-0.2, 0) is 4.74 Å². The standard InChI is InChI=1S/C14H31NO/c1-3-5-6-7-8-9-10-11-12-15-13-14-16-4-2/h15H,3-14H2,1-2H3. The first-order chi connectivity index (χ1) is 7.91. The molecule has 0 saturated carbocycles. The quantitative estimate of drug-likeness (QED) is 0.486. The van der Waals surface area contributed by atoms with E-state index in [-0.39, 0.29) is 0 Å². The monoisotopic (exact) mass is 229 g/mol. The second-order valence-corrected chi connectivity index (χ2v) is 4.42. The van der Waals surface area contributed by atoms with Gasteiger partial charge in [-0.2, -0.15) is 0 Å². The minimum Gasteiger partial charge on any atom is -0.380 e. The van der Waals surface area contributed by atoms with Gasteiger partial charge in [-0.05, 0) is 19.9 Å². The van der Waals surface area contributed by atoms with Crippen molar-refractivity contribution >= 4 is 0 Å². The minimum absolute atomic E-state index is 0.833. The van der Waals surface area contributed by atoms with Gasteiger partial charge in [-0.15, -0.1) is 0 Å². The maximum atomic E-state index is 5.25. The van der Waals surface area contributed by atoms with Crippen LogP contribution in [0.25, 0.3) is 0 Å². The van der Waals surface area contributed by atoms with Gasteiger partial charge >= 0.3 is 0 Å². The predicted molar refractivity (Wildman–Crippen MR) is 72.0 cm³/mol. The Morgan fingerprint density at radius 3 is 2.00 bits per heavy atom. The van der Waals surface area contributed by atoms with Crippen LogP contribution in [0.2, 0.25) is 0 Å². The zero-order valence-electron chi connectivity index (χ0n) is 11.4. The van der Waals surface area contributed by atoms with E-state index in [9.17, 15) is 0 Å². The van der Waals surface area contributed by atoms with E-state index in [1.165, 1.54) is 51.4 Å². The van der Waals surface area contributed by atoms with Crippen molar-refractivity contribution in [3.8, 4) is 0 Å². The third-order valence-corrected chi connectivity index (χ3v) is 2.83. The summed E-state index contributed by atoms with van der Waals surface area (Å²) in [6.45, 7) is 8.16. The molecule has 1 N–H and O–H groups in total. The van der Waals surface area contributed by atoms with Gasteiger partial charge in [0.05, 0.1) is 6.61 Å². The molecule has 0 amide bonds. The number of rotatable bonds is 13. The lowest BCUT2D eigenvalue weighted by molar-refractivity contribution is 0.149. The normalized spacial score (nSPS) is 10.9. The highest BCUT2D eigenvalue weighted by Crippen LogP contribution is 2.07. The Hall–Kier alpha value is -0.0800. The first-order valence-corrected chi connectivity index (χ1v) is 7.20. The smallest absolute Gasteiger partial charge is 0.0590 e. The molecule has 0 atom stereocenters. The molecule has 0 aromatic carbocycles. The number of unbranched alkanes of at least 4 members (excludes halogenated alkanes) is 7. The molecule has 0 aliphatic carbocycles. The maximum Gasteiger partial charge on any atom is 0.0590 e. The van der Waals surface area contributed by atoms with Gasteiger partial charge in [0, 0.05) is 13.2 Å². The Labute approximate surface area is 102 Å². The average molecular weight is 229 g/mol. The van der Waals surface area contributed by atoms with E-state index in [0.29, 0.717) is 0 Å². The number of nitrogens with one attached hydrogen (secondary N) is 1. The molecule has 0 heterocycles. The van der Waals surface area contributed by atoms with E-state index < -0.39 is 0 Å². The second kappa shape index (κ2) is 14.9. The van der Waals surface area contributed by atoms with Crippen LogP contribution in [-0.4, -0.2) is 26.3 Å². The van der Waals surface area contributed by atoms with Crippen molar-refractivity contribution in [3.05, 3.63) is 0 Å². The van der Waals surface area contributed by atoms with Gasteiger partial charge in [0.25, 0.3) is 0 Å². The molecule has 0 aromatic heterocycles.